The van der Waals surface area contributed by atoms with Crippen LogP contribution in [0.4, 0.5) is 5.69 Å². The van der Waals surface area contributed by atoms with Gasteiger partial charge in [-0.1, -0.05) is 13.8 Å². The molecule has 7 nitrogen and oxygen atoms in total. The highest BCUT2D eigenvalue weighted by Gasteiger charge is 2.53. The van der Waals surface area contributed by atoms with Crippen LogP contribution in [-0.2, 0) is 14.4 Å². The van der Waals surface area contributed by atoms with Crippen LogP contribution < -0.4 is 4.90 Å². The Balaban J connectivity index is 1.83. The molecule has 0 saturated carbocycles. The van der Waals surface area contributed by atoms with Gasteiger partial charge >= 0.3 is 0 Å². The van der Waals surface area contributed by atoms with Crippen LogP contribution in [0.2, 0.25) is 0 Å². The molecule has 1 fully saturated rings. The van der Waals surface area contributed by atoms with Crippen LogP contribution in [0, 0.1) is 18.8 Å². The van der Waals surface area contributed by atoms with Gasteiger partial charge in [-0.3, -0.25) is 19.3 Å². The van der Waals surface area contributed by atoms with E-state index in [9.17, 15) is 14.4 Å². The van der Waals surface area contributed by atoms with E-state index < -0.39 is 23.7 Å². The Morgan fingerprint density at radius 1 is 1.25 bits per heavy atom. The Hall–Kier alpha value is -3.22. The number of hydrogen-bond acceptors (Lipinski definition) is 5. The van der Waals surface area contributed by atoms with Crippen molar-refractivity contribution in [2.24, 2.45) is 11.8 Å². The molecule has 4 rings (SSSR count). The summed E-state index contributed by atoms with van der Waals surface area (Å²) in [5.41, 5.74) is 2.01. The average Bonchev–Trinajstić information content (AvgIpc) is 3.33. The summed E-state index contributed by atoms with van der Waals surface area (Å²) in [5, 5.41) is 0. The fourth-order valence-electron chi connectivity index (χ4n) is 3.78. The number of carbonyl (C=O) groups is 3. The zero-order valence-corrected chi connectivity index (χ0v) is 15.9. The number of benzene rings is 1. The molecule has 144 valence electrons. The first-order valence-corrected chi connectivity index (χ1v) is 9.26. The number of aryl methyl sites for hydroxylation is 1. The van der Waals surface area contributed by atoms with Crippen molar-refractivity contribution in [2.75, 3.05) is 4.90 Å². The quantitative estimate of drug-likeness (QED) is 0.542. The summed E-state index contributed by atoms with van der Waals surface area (Å²) in [4.78, 5) is 47.2. The number of anilines is 1. The second-order valence-electron chi connectivity index (χ2n) is 7.58. The van der Waals surface area contributed by atoms with Gasteiger partial charge in [0, 0.05) is 12.1 Å². The van der Waals surface area contributed by atoms with Crippen LogP contribution >= 0.6 is 0 Å². The van der Waals surface area contributed by atoms with Crippen LogP contribution in [0.1, 0.15) is 37.8 Å². The highest BCUT2D eigenvalue weighted by molar-refractivity contribution is 6.48. The third-order valence-electron chi connectivity index (χ3n) is 5.00. The molecule has 0 radical (unpaired) electrons. The molecule has 3 heterocycles. The van der Waals surface area contributed by atoms with E-state index in [1.807, 2.05) is 13.8 Å². The van der Waals surface area contributed by atoms with Crippen LogP contribution in [-0.4, -0.2) is 27.4 Å². The van der Waals surface area contributed by atoms with Gasteiger partial charge in [-0.05, 0) is 43.2 Å². The maximum atomic E-state index is 12.9. The number of nitrogens with one attached hydrogen (secondary N) is 1. The minimum absolute atomic E-state index is 0.0878. The van der Waals surface area contributed by atoms with E-state index in [1.54, 1.807) is 43.6 Å². The molecule has 1 aliphatic rings. The van der Waals surface area contributed by atoms with E-state index in [0.717, 1.165) is 11.0 Å². The second-order valence-corrected chi connectivity index (χ2v) is 7.58. The van der Waals surface area contributed by atoms with Crippen molar-refractivity contribution in [2.45, 2.75) is 33.2 Å². The molecule has 1 saturated heterocycles. The predicted molar refractivity (Wildman–Crippen MR) is 103 cm³/mol. The molecule has 1 aliphatic heterocycles. The summed E-state index contributed by atoms with van der Waals surface area (Å²) in [6.07, 6.45) is 1.79. The average molecular weight is 379 g/mol. The third-order valence-corrected chi connectivity index (χ3v) is 5.00. The maximum Gasteiger partial charge on any atom is 0.295 e. The lowest BCUT2D eigenvalue weighted by atomic mass is 9.88. The first-order chi connectivity index (χ1) is 13.4. The standard InChI is InChI=1S/C21H21N3O4/c1-11(2)8-16(25)18-19(17-7-4-12(3)28-17)24(21(27)20(18)26)13-5-6-14-15(9-13)23-10-22-14/h4-7,9-11,18-19H,8H2,1-3H3,(H,22,23). The summed E-state index contributed by atoms with van der Waals surface area (Å²) in [6.45, 7) is 5.61. The van der Waals surface area contributed by atoms with Gasteiger partial charge in [0.05, 0.1) is 17.4 Å². The molecule has 1 N–H and O–H groups in total. The number of H-pyrrole nitrogens is 1. The normalized spacial score (nSPS) is 19.9. The van der Waals surface area contributed by atoms with E-state index in [2.05, 4.69) is 9.97 Å². The van der Waals surface area contributed by atoms with Gasteiger partial charge in [-0.2, -0.15) is 0 Å². The topological polar surface area (TPSA) is 96.3 Å². The zero-order chi connectivity index (χ0) is 20.0. The van der Waals surface area contributed by atoms with Crippen molar-refractivity contribution < 1.29 is 18.8 Å². The van der Waals surface area contributed by atoms with Gasteiger partial charge < -0.3 is 9.40 Å². The Morgan fingerprint density at radius 2 is 2.04 bits per heavy atom. The minimum Gasteiger partial charge on any atom is -0.464 e. The number of aromatic amines is 1. The molecule has 2 unspecified atom stereocenters. The summed E-state index contributed by atoms with van der Waals surface area (Å²) in [5.74, 6) is -1.51. The van der Waals surface area contributed by atoms with Crippen molar-refractivity contribution in [3.05, 3.63) is 48.2 Å². The fourth-order valence-corrected chi connectivity index (χ4v) is 3.78. The number of hydrogen-bond donors (Lipinski definition) is 1. The van der Waals surface area contributed by atoms with E-state index in [4.69, 9.17) is 4.42 Å². The van der Waals surface area contributed by atoms with Crippen LogP contribution in [0.5, 0.6) is 0 Å². The predicted octanol–water partition coefficient (Wildman–Crippen LogP) is 3.35. The van der Waals surface area contributed by atoms with E-state index in [-0.39, 0.29) is 18.1 Å². The zero-order valence-electron chi connectivity index (χ0n) is 15.9. The molecule has 1 amide bonds. The van der Waals surface area contributed by atoms with Gasteiger partial charge in [-0.25, -0.2) is 4.98 Å². The first-order valence-electron chi connectivity index (χ1n) is 9.26. The van der Waals surface area contributed by atoms with Gasteiger partial charge in [0.1, 0.15) is 29.3 Å². The van der Waals surface area contributed by atoms with Crippen molar-refractivity contribution in [3.63, 3.8) is 0 Å². The van der Waals surface area contributed by atoms with Gasteiger partial charge in [0.15, 0.2) is 0 Å². The molecule has 0 aliphatic carbocycles. The molecule has 7 heteroatoms. The molecule has 0 bridgehead atoms. The number of furan rings is 1. The summed E-state index contributed by atoms with van der Waals surface area (Å²) < 4.78 is 5.76. The molecule has 2 atom stereocenters. The highest BCUT2D eigenvalue weighted by atomic mass is 16.3. The minimum atomic E-state index is -1.07. The number of amides is 1. The largest absolute Gasteiger partial charge is 0.464 e. The lowest BCUT2D eigenvalue weighted by Crippen LogP contribution is -2.30. The number of nitrogens with zero attached hydrogens (tertiary/aromatic N) is 2. The number of imidazole rings is 1. The van der Waals surface area contributed by atoms with Crippen molar-refractivity contribution in [3.8, 4) is 0 Å². The molecule has 0 spiro atoms. The number of carbonyl (C=O) groups excluding carboxylic acids is 3. The van der Waals surface area contributed by atoms with E-state index >= 15 is 0 Å². The smallest absolute Gasteiger partial charge is 0.295 e. The molecular formula is C21H21N3O4. The molecule has 1 aromatic carbocycles. The Kier molecular flexibility index (Phi) is 4.37. The lowest BCUT2D eigenvalue weighted by Gasteiger charge is -2.25. The lowest BCUT2D eigenvalue weighted by molar-refractivity contribution is -0.139. The monoisotopic (exact) mass is 379 g/mol. The van der Waals surface area contributed by atoms with Crippen molar-refractivity contribution in [1.82, 2.24) is 9.97 Å². The first kappa shape index (κ1) is 18.2. The van der Waals surface area contributed by atoms with Crippen LogP contribution in [0.15, 0.2) is 41.1 Å². The van der Waals surface area contributed by atoms with Crippen LogP contribution in [0.3, 0.4) is 0 Å². The summed E-state index contributed by atoms with van der Waals surface area (Å²) >= 11 is 0. The SMILES string of the molecule is Cc1ccc(C2C(C(=O)CC(C)C)C(=O)C(=O)N2c2ccc3nc[nH]c3c2)o1. The Bertz CT molecular complexity index is 1080. The Morgan fingerprint density at radius 3 is 2.71 bits per heavy atom. The number of ketones is 2. The van der Waals surface area contributed by atoms with Crippen LogP contribution in [0.25, 0.3) is 11.0 Å². The number of Topliss-reactive ketones (excluding diaryl/α,β-unsaturated/α-hetero) is 2. The van der Waals surface area contributed by atoms with Gasteiger partial charge in [0.2, 0.25) is 5.78 Å². The number of fused-ring (bicyclic) bond motifs is 1. The van der Waals surface area contributed by atoms with E-state index in [1.165, 1.54) is 4.90 Å². The molecular weight excluding hydrogens is 358 g/mol. The van der Waals surface area contributed by atoms with E-state index in [0.29, 0.717) is 17.2 Å². The summed E-state index contributed by atoms with van der Waals surface area (Å²) in [6, 6.07) is 7.96. The summed E-state index contributed by atoms with van der Waals surface area (Å²) in [7, 11) is 0. The number of rotatable bonds is 5. The molecule has 2 aromatic heterocycles. The van der Waals surface area contributed by atoms with Gasteiger partial charge in [-0.15, -0.1) is 0 Å². The molecule has 28 heavy (non-hydrogen) atoms. The highest BCUT2D eigenvalue weighted by Crippen LogP contribution is 2.42. The molecule has 3 aromatic rings. The maximum absolute atomic E-state index is 12.9. The van der Waals surface area contributed by atoms with Crippen molar-refractivity contribution >= 4 is 34.2 Å². The Labute approximate surface area is 161 Å². The van der Waals surface area contributed by atoms with Gasteiger partial charge in [0.25, 0.3) is 5.91 Å². The van der Waals surface area contributed by atoms with Crippen molar-refractivity contribution in [1.29, 1.82) is 0 Å². The fraction of sp³-hybridized carbons (Fsp3) is 0.333. The third kappa shape index (κ3) is 2.93. The number of aromatic nitrogens is 2. The second kappa shape index (κ2) is 6.74.